The standard InChI is InChI=1S/C17H23ClF3N5O/c1-11(16(27)25-10-17(19,20)21)3-14-8-24-9-15(26-14)5-12(7-23-2)4-13(18)6-22/h4,6,8-9,11,23H,3,5,7,10,22H2,1-2H3,(H,25,27)/b12-4-,13-6+. The minimum atomic E-state index is -4.44. The molecule has 1 rings (SSSR count). The second-order valence-corrected chi connectivity index (χ2v) is 6.44. The number of hydrogen-bond donors (Lipinski definition) is 3. The summed E-state index contributed by atoms with van der Waals surface area (Å²) in [5.41, 5.74) is 7.47. The van der Waals surface area contributed by atoms with Gasteiger partial charge in [-0.1, -0.05) is 18.5 Å². The monoisotopic (exact) mass is 405 g/mol. The summed E-state index contributed by atoms with van der Waals surface area (Å²) in [5.74, 6) is -1.35. The topological polar surface area (TPSA) is 92.9 Å². The van der Waals surface area contributed by atoms with E-state index in [2.05, 4.69) is 15.3 Å². The van der Waals surface area contributed by atoms with E-state index >= 15 is 0 Å². The molecule has 1 aromatic heterocycles. The maximum Gasteiger partial charge on any atom is 0.405 e. The molecule has 4 N–H and O–H groups in total. The van der Waals surface area contributed by atoms with Crippen molar-refractivity contribution < 1.29 is 18.0 Å². The second-order valence-electron chi connectivity index (χ2n) is 6.00. The predicted octanol–water partition coefficient (Wildman–Crippen LogP) is 2.06. The number of hydrogen-bond acceptors (Lipinski definition) is 5. The molecular weight excluding hydrogens is 383 g/mol. The second kappa shape index (κ2) is 10.9. The summed E-state index contributed by atoms with van der Waals surface area (Å²) in [6.07, 6.45) is 2.27. The van der Waals surface area contributed by atoms with Gasteiger partial charge in [-0.3, -0.25) is 14.8 Å². The van der Waals surface area contributed by atoms with Crippen LogP contribution in [0.25, 0.3) is 0 Å². The Bertz CT molecular complexity index is 691. The van der Waals surface area contributed by atoms with Crippen molar-refractivity contribution in [2.24, 2.45) is 11.7 Å². The van der Waals surface area contributed by atoms with Gasteiger partial charge in [0.15, 0.2) is 0 Å². The van der Waals surface area contributed by atoms with E-state index in [1.807, 2.05) is 5.32 Å². The fraction of sp³-hybridized carbons (Fsp3) is 0.471. The number of amides is 1. The van der Waals surface area contributed by atoms with Gasteiger partial charge in [0.25, 0.3) is 0 Å². The lowest BCUT2D eigenvalue weighted by Crippen LogP contribution is -2.37. The molecule has 27 heavy (non-hydrogen) atoms. The number of carbonyl (C=O) groups excluding carboxylic acids is 1. The largest absolute Gasteiger partial charge is 0.405 e. The lowest BCUT2D eigenvalue weighted by molar-refractivity contribution is -0.140. The third-order valence-corrected chi connectivity index (χ3v) is 3.71. The van der Waals surface area contributed by atoms with Gasteiger partial charge in [0, 0.05) is 43.9 Å². The van der Waals surface area contributed by atoms with Crippen molar-refractivity contribution in [3.63, 3.8) is 0 Å². The molecule has 0 aliphatic heterocycles. The van der Waals surface area contributed by atoms with E-state index in [0.717, 1.165) is 5.57 Å². The molecule has 1 atom stereocenters. The fourth-order valence-electron chi connectivity index (χ4n) is 2.27. The van der Waals surface area contributed by atoms with E-state index in [0.29, 0.717) is 29.4 Å². The Hall–Kier alpha value is -2.13. The Kier molecular flexibility index (Phi) is 9.23. The molecule has 0 fully saturated rings. The molecule has 1 amide bonds. The van der Waals surface area contributed by atoms with Crippen molar-refractivity contribution in [1.29, 1.82) is 0 Å². The summed E-state index contributed by atoms with van der Waals surface area (Å²) in [5, 5.41) is 5.28. The molecule has 6 nitrogen and oxygen atoms in total. The van der Waals surface area contributed by atoms with Crippen LogP contribution in [0.15, 0.2) is 35.3 Å². The minimum Gasteiger partial charge on any atom is -0.403 e. The Balaban J connectivity index is 2.77. The molecule has 10 heteroatoms. The van der Waals surface area contributed by atoms with Gasteiger partial charge < -0.3 is 16.4 Å². The molecular formula is C17H23ClF3N5O. The molecule has 150 valence electrons. The summed E-state index contributed by atoms with van der Waals surface area (Å²) in [6.45, 7) is 0.750. The quantitative estimate of drug-likeness (QED) is 0.547. The summed E-state index contributed by atoms with van der Waals surface area (Å²) in [7, 11) is 1.79. The molecule has 0 radical (unpaired) electrons. The fourth-order valence-corrected chi connectivity index (χ4v) is 2.42. The number of nitrogens with one attached hydrogen (secondary N) is 2. The van der Waals surface area contributed by atoms with Crippen LogP contribution in [0.1, 0.15) is 18.3 Å². The first-order valence-corrected chi connectivity index (χ1v) is 8.58. The lowest BCUT2D eigenvalue weighted by Gasteiger charge is -2.14. The Morgan fingerprint density at radius 2 is 2.04 bits per heavy atom. The van der Waals surface area contributed by atoms with Crippen molar-refractivity contribution in [2.45, 2.75) is 25.9 Å². The zero-order valence-corrected chi connectivity index (χ0v) is 15.9. The number of halogens is 4. The van der Waals surface area contributed by atoms with E-state index < -0.39 is 24.5 Å². The zero-order valence-electron chi connectivity index (χ0n) is 15.1. The maximum atomic E-state index is 12.2. The normalized spacial score (nSPS) is 14.1. The molecule has 0 saturated heterocycles. The number of carbonyl (C=O) groups is 1. The summed E-state index contributed by atoms with van der Waals surface area (Å²) in [4.78, 5) is 20.3. The molecule has 1 heterocycles. The van der Waals surface area contributed by atoms with Crippen LogP contribution in [0.4, 0.5) is 13.2 Å². The van der Waals surface area contributed by atoms with E-state index in [1.54, 1.807) is 19.3 Å². The van der Waals surface area contributed by atoms with Gasteiger partial charge in [-0.25, -0.2) is 0 Å². The summed E-state index contributed by atoms with van der Waals surface area (Å²) in [6, 6.07) is 0. The third kappa shape index (κ3) is 9.39. The predicted molar refractivity (Wildman–Crippen MR) is 97.8 cm³/mol. The average molecular weight is 406 g/mol. The number of nitrogens with two attached hydrogens (primary N) is 1. The van der Waals surface area contributed by atoms with Gasteiger partial charge in [0.2, 0.25) is 5.91 Å². The van der Waals surface area contributed by atoms with Crippen LogP contribution in [0.5, 0.6) is 0 Å². The Labute approximate surface area is 161 Å². The highest BCUT2D eigenvalue weighted by atomic mass is 35.5. The molecule has 0 spiro atoms. The van der Waals surface area contributed by atoms with Gasteiger partial charge >= 0.3 is 6.18 Å². The van der Waals surface area contributed by atoms with Crippen LogP contribution in [0, 0.1) is 5.92 Å². The zero-order chi connectivity index (χ0) is 20.4. The number of alkyl halides is 3. The Morgan fingerprint density at radius 1 is 1.37 bits per heavy atom. The third-order valence-electron chi connectivity index (χ3n) is 3.47. The highest BCUT2D eigenvalue weighted by Crippen LogP contribution is 2.14. The van der Waals surface area contributed by atoms with Gasteiger partial charge in [-0.2, -0.15) is 13.2 Å². The highest BCUT2D eigenvalue weighted by Gasteiger charge is 2.28. The van der Waals surface area contributed by atoms with Crippen LogP contribution >= 0.6 is 11.6 Å². The highest BCUT2D eigenvalue weighted by molar-refractivity contribution is 6.31. The number of aromatic nitrogens is 2. The SMILES string of the molecule is CNC/C(=C\C(Cl)=C/N)Cc1cncc(CC(C)C(=O)NCC(F)(F)F)n1. The van der Waals surface area contributed by atoms with Crippen molar-refractivity contribution in [1.82, 2.24) is 20.6 Å². The molecule has 0 aliphatic rings. The lowest BCUT2D eigenvalue weighted by atomic mass is 10.0. The first-order valence-electron chi connectivity index (χ1n) is 8.20. The van der Waals surface area contributed by atoms with Crippen LogP contribution in [-0.4, -0.2) is 42.2 Å². The van der Waals surface area contributed by atoms with E-state index in [-0.39, 0.29) is 6.42 Å². The molecule has 0 saturated carbocycles. The van der Waals surface area contributed by atoms with Crippen LogP contribution in [0.2, 0.25) is 0 Å². The molecule has 0 bridgehead atoms. The van der Waals surface area contributed by atoms with Gasteiger partial charge in [0.1, 0.15) is 6.54 Å². The first-order chi connectivity index (χ1) is 12.6. The number of allylic oxidation sites excluding steroid dienone is 2. The summed E-state index contributed by atoms with van der Waals surface area (Å²) >= 11 is 5.93. The first kappa shape index (κ1) is 22.9. The number of likely N-dealkylation sites (N-methyl/N-ethyl adjacent to an activating group) is 1. The minimum absolute atomic E-state index is 0.180. The number of nitrogens with zero attached hydrogens (tertiary/aromatic N) is 2. The van der Waals surface area contributed by atoms with Crippen LogP contribution < -0.4 is 16.4 Å². The molecule has 1 unspecified atom stereocenters. The van der Waals surface area contributed by atoms with Crippen LogP contribution in [-0.2, 0) is 17.6 Å². The molecule has 0 aromatic carbocycles. The van der Waals surface area contributed by atoms with Crippen molar-refractivity contribution >= 4 is 17.5 Å². The molecule has 0 aliphatic carbocycles. The maximum absolute atomic E-state index is 12.2. The van der Waals surface area contributed by atoms with Gasteiger partial charge in [0.05, 0.1) is 16.4 Å². The van der Waals surface area contributed by atoms with E-state index in [9.17, 15) is 18.0 Å². The van der Waals surface area contributed by atoms with Crippen molar-refractivity contribution in [3.05, 3.63) is 46.7 Å². The smallest absolute Gasteiger partial charge is 0.403 e. The van der Waals surface area contributed by atoms with Gasteiger partial charge in [-0.05, 0) is 18.7 Å². The van der Waals surface area contributed by atoms with Gasteiger partial charge in [-0.15, -0.1) is 0 Å². The molecule has 1 aromatic rings. The Morgan fingerprint density at radius 3 is 2.63 bits per heavy atom. The number of rotatable bonds is 9. The van der Waals surface area contributed by atoms with Crippen molar-refractivity contribution in [2.75, 3.05) is 20.1 Å². The average Bonchev–Trinajstić information content (AvgIpc) is 2.59. The summed E-state index contributed by atoms with van der Waals surface area (Å²) < 4.78 is 36.6. The van der Waals surface area contributed by atoms with Crippen LogP contribution in [0.3, 0.4) is 0 Å². The van der Waals surface area contributed by atoms with Crippen molar-refractivity contribution in [3.8, 4) is 0 Å². The van der Waals surface area contributed by atoms with E-state index in [4.69, 9.17) is 17.3 Å². The van der Waals surface area contributed by atoms with E-state index in [1.165, 1.54) is 19.3 Å².